The molecule has 0 saturated carbocycles. The summed E-state index contributed by atoms with van der Waals surface area (Å²) < 4.78 is 6.82. The molecule has 0 aliphatic heterocycles. The van der Waals surface area contributed by atoms with Crippen molar-refractivity contribution < 1.29 is 9.53 Å². The molecule has 24 heavy (non-hydrogen) atoms. The van der Waals surface area contributed by atoms with Crippen LogP contribution in [-0.2, 0) is 16.0 Å². The summed E-state index contributed by atoms with van der Waals surface area (Å²) >= 11 is 0. The number of aromatic nitrogens is 3. The highest BCUT2D eigenvalue weighted by molar-refractivity contribution is 5.92. The fourth-order valence-electron chi connectivity index (χ4n) is 2.96. The minimum atomic E-state index is 0.0246. The van der Waals surface area contributed by atoms with E-state index in [0.29, 0.717) is 26.0 Å². The van der Waals surface area contributed by atoms with Gasteiger partial charge in [-0.25, -0.2) is 9.50 Å². The van der Waals surface area contributed by atoms with Crippen molar-refractivity contribution in [3.8, 4) is 0 Å². The summed E-state index contributed by atoms with van der Waals surface area (Å²) in [6, 6.07) is 7.99. The van der Waals surface area contributed by atoms with Crippen molar-refractivity contribution in [2.24, 2.45) is 0 Å². The minimum Gasteiger partial charge on any atom is -0.383 e. The van der Waals surface area contributed by atoms with E-state index >= 15 is 0 Å². The Bertz CT molecular complexity index is 885. The number of benzene rings is 1. The van der Waals surface area contributed by atoms with Gasteiger partial charge in [-0.05, 0) is 38.0 Å². The standard InChI is InChI=1S/C18H22N4O2/c1-12-14(8-9-17(23)19-10-11-24-3)13(2)22-18(20-12)15-6-4-5-7-16(15)21-22/h4-7H,8-11H2,1-3H3,(H,19,23). The summed E-state index contributed by atoms with van der Waals surface area (Å²) in [6.45, 7) is 5.09. The van der Waals surface area contributed by atoms with Crippen LogP contribution in [0.5, 0.6) is 0 Å². The number of ether oxygens (including phenoxy) is 1. The van der Waals surface area contributed by atoms with E-state index < -0.39 is 0 Å². The molecule has 1 N–H and O–H groups in total. The van der Waals surface area contributed by atoms with Gasteiger partial charge in [0.15, 0.2) is 5.65 Å². The van der Waals surface area contributed by atoms with Gasteiger partial charge in [0.25, 0.3) is 0 Å². The second-order valence-corrected chi connectivity index (χ2v) is 5.86. The first-order valence-electron chi connectivity index (χ1n) is 8.11. The topological polar surface area (TPSA) is 68.5 Å². The summed E-state index contributed by atoms with van der Waals surface area (Å²) in [7, 11) is 1.62. The Labute approximate surface area is 140 Å². The monoisotopic (exact) mass is 326 g/mol. The predicted octanol–water partition coefficient (Wildman–Crippen LogP) is 2.19. The van der Waals surface area contributed by atoms with E-state index in [2.05, 4.69) is 10.4 Å². The number of rotatable bonds is 6. The molecule has 0 aliphatic rings. The van der Waals surface area contributed by atoms with Crippen molar-refractivity contribution in [1.82, 2.24) is 19.9 Å². The molecule has 0 spiro atoms. The average molecular weight is 326 g/mol. The third-order valence-electron chi connectivity index (χ3n) is 4.25. The van der Waals surface area contributed by atoms with Crippen LogP contribution in [0, 0.1) is 13.8 Å². The molecule has 1 amide bonds. The zero-order chi connectivity index (χ0) is 17.1. The second kappa shape index (κ2) is 6.97. The van der Waals surface area contributed by atoms with Crippen LogP contribution < -0.4 is 5.32 Å². The summed E-state index contributed by atoms with van der Waals surface area (Å²) in [5.41, 5.74) is 4.88. The van der Waals surface area contributed by atoms with Crippen molar-refractivity contribution in [1.29, 1.82) is 0 Å². The van der Waals surface area contributed by atoms with Gasteiger partial charge in [-0.2, -0.15) is 5.10 Å². The number of carbonyl (C=O) groups is 1. The maximum atomic E-state index is 11.9. The molecule has 3 rings (SSSR count). The molecule has 3 aromatic rings. The molecule has 0 aliphatic carbocycles. The number of nitrogens with zero attached hydrogens (tertiary/aromatic N) is 3. The maximum Gasteiger partial charge on any atom is 0.220 e. The van der Waals surface area contributed by atoms with Crippen LogP contribution in [0.15, 0.2) is 24.3 Å². The van der Waals surface area contributed by atoms with Crippen molar-refractivity contribution in [3.63, 3.8) is 0 Å². The van der Waals surface area contributed by atoms with E-state index in [1.165, 1.54) is 0 Å². The van der Waals surface area contributed by atoms with Crippen LogP contribution in [0.25, 0.3) is 16.6 Å². The highest BCUT2D eigenvalue weighted by atomic mass is 16.5. The van der Waals surface area contributed by atoms with Gasteiger partial charge in [0.05, 0.1) is 12.1 Å². The number of amides is 1. The lowest BCUT2D eigenvalue weighted by molar-refractivity contribution is -0.121. The van der Waals surface area contributed by atoms with E-state index in [1.54, 1.807) is 7.11 Å². The SMILES string of the molecule is COCCNC(=O)CCc1c(C)nc2c3ccccc3nn2c1C. The van der Waals surface area contributed by atoms with Crippen molar-refractivity contribution in [2.45, 2.75) is 26.7 Å². The van der Waals surface area contributed by atoms with Crippen LogP contribution in [0.1, 0.15) is 23.4 Å². The molecule has 2 heterocycles. The number of nitrogens with one attached hydrogen (secondary N) is 1. The number of hydrogen-bond donors (Lipinski definition) is 1. The lowest BCUT2D eigenvalue weighted by Crippen LogP contribution is -2.27. The molecule has 0 saturated heterocycles. The van der Waals surface area contributed by atoms with Crippen LogP contribution in [0.4, 0.5) is 0 Å². The average Bonchev–Trinajstić information content (AvgIpc) is 2.94. The molecule has 6 nitrogen and oxygen atoms in total. The Morgan fingerprint density at radius 1 is 1.29 bits per heavy atom. The number of hydrogen-bond acceptors (Lipinski definition) is 4. The summed E-state index contributed by atoms with van der Waals surface area (Å²) in [5, 5.41) is 8.53. The van der Waals surface area contributed by atoms with Gasteiger partial charge in [0, 0.05) is 36.8 Å². The van der Waals surface area contributed by atoms with Crippen molar-refractivity contribution in [2.75, 3.05) is 20.3 Å². The fourth-order valence-corrected chi connectivity index (χ4v) is 2.96. The Balaban J connectivity index is 1.86. The zero-order valence-electron chi connectivity index (χ0n) is 14.3. The largest absolute Gasteiger partial charge is 0.383 e. The smallest absolute Gasteiger partial charge is 0.220 e. The molecule has 0 radical (unpaired) electrons. The summed E-state index contributed by atoms with van der Waals surface area (Å²) in [6.07, 6.45) is 1.08. The predicted molar refractivity (Wildman–Crippen MR) is 93.2 cm³/mol. The first-order valence-corrected chi connectivity index (χ1v) is 8.11. The third-order valence-corrected chi connectivity index (χ3v) is 4.25. The van der Waals surface area contributed by atoms with Crippen LogP contribution in [-0.4, -0.2) is 40.8 Å². The van der Waals surface area contributed by atoms with E-state index in [0.717, 1.165) is 33.5 Å². The Morgan fingerprint density at radius 3 is 2.88 bits per heavy atom. The molecule has 0 bridgehead atoms. The second-order valence-electron chi connectivity index (χ2n) is 5.86. The highest BCUT2D eigenvalue weighted by Gasteiger charge is 2.14. The van der Waals surface area contributed by atoms with Gasteiger partial charge in [0.1, 0.15) is 0 Å². The summed E-state index contributed by atoms with van der Waals surface area (Å²) in [4.78, 5) is 16.6. The molecule has 1 aromatic carbocycles. The zero-order valence-corrected chi connectivity index (χ0v) is 14.3. The molecule has 6 heteroatoms. The molecular formula is C18H22N4O2. The normalized spacial score (nSPS) is 11.3. The minimum absolute atomic E-state index is 0.0246. The molecule has 2 aromatic heterocycles. The highest BCUT2D eigenvalue weighted by Crippen LogP contribution is 2.22. The van der Waals surface area contributed by atoms with Gasteiger partial charge in [-0.3, -0.25) is 4.79 Å². The van der Waals surface area contributed by atoms with Gasteiger partial charge >= 0.3 is 0 Å². The van der Waals surface area contributed by atoms with E-state index in [4.69, 9.17) is 9.72 Å². The van der Waals surface area contributed by atoms with E-state index in [9.17, 15) is 4.79 Å². The lowest BCUT2D eigenvalue weighted by atomic mass is 10.1. The third kappa shape index (κ3) is 3.10. The van der Waals surface area contributed by atoms with Gasteiger partial charge < -0.3 is 10.1 Å². The fraction of sp³-hybridized carbons (Fsp3) is 0.389. The number of aryl methyl sites for hydroxylation is 2. The first kappa shape index (κ1) is 16.4. The number of fused-ring (bicyclic) bond motifs is 3. The number of methoxy groups -OCH3 is 1. The Morgan fingerprint density at radius 2 is 2.08 bits per heavy atom. The maximum absolute atomic E-state index is 11.9. The molecule has 126 valence electrons. The molecule has 0 atom stereocenters. The Kier molecular flexibility index (Phi) is 4.76. The van der Waals surface area contributed by atoms with Crippen molar-refractivity contribution >= 4 is 22.5 Å². The van der Waals surface area contributed by atoms with Crippen LogP contribution in [0.2, 0.25) is 0 Å². The van der Waals surface area contributed by atoms with Gasteiger partial charge in [0.2, 0.25) is 5.91 Å². The molecule has 0 fully saturated rings. The molecule has 0 unspecified atom stereocenters. The van der Waals surface area contributed by atoms with E-state index in [1.807, 2.05) is 42.6 Å². The van der Waals surface area contributed by atoms with Gasteiger partial charge in [-0.15, -0.1) is 0 Å². The van der Waals surface area contributed by atoms with Crippen LogP contribution in [0.3, 0.4) is 0 Å². The Hall–Kier alpha value is -2.47. The lowest BCUT2D eigenvalue weighted by Gasteiger charge is -2.11. The van der Waals surface area contributed by atoms with Crippen LogP contribution >= 0.6 is 0 Å². The van der Waals surface area contributed by atoms with E-state index in [-0.39, 0.29) is 5.91 Å². The molecular weight excluding hydrogens is 304 g/mol. The quantitative estimate of drug-likeness (QED) is 0.705. The first-order chi connectivity index (χ1) is 11.6. The number of carbonyl (C=O) groups excluding carboxylic acids is 1. The summed E-state index contributed by atoms with van der Waals surface area (Å²) in [5.74, 6) is 0.0246. The van der Waals surface area contributed by atoms with Crippen molar-refractivity contribution in [3.05, 3.63) is 41.2 Å². The van der Waals surface area contributed by atoms with Gasteiger partial charge in [-0.1, -0.05) is 12.1 Å².